The average molecular weight is 407 g/mol. The lowest BCUT2D eigenvalue weighted by Gasteiger charge is -2.11. The Hall–Kier alpha value is -2.09. The molecule has 2 atom stereocenters. The van der Waals surface area contributed by atoms with Gasteiger partial charge in [0.05, 0.1) is 5.92 Å². The molecule has 0 bridgehead atoms. The monoisotopic (exact) mass is 406 g/mol. The molecular formula is C28H38O2. The van der Waals surface area contributed by atoms with Crippen molar-refractivity contribution in [3.05, 3.63) is 59.7 Å². The van der Waals surface area contributed by atoms with Crippen LogP contribution >= 0.6 is 0 Å². The van der Waals surface area contributed by atoms with Crippen molar-refractivity contribution < 1.29 is 9.53 Å². The van der Waals surface area contributed by atoms with E-state index in [0.717, 1.165) is 31.2 Å². The SMILES string of the molecule is CCCCCCCCc1ccc(-c2ccc(C3CC(CCCC)C(=O)O3)cc2)cc1. The number of carbonyl (C=O) groups excluding carboxylic acids is 1. The number of cyclic esters (lactones) is 1. The summed E-state index contributed by atoms with van der Waals surface area (Å²) in [5.74, 6) is 0.0623. The summed E-state index contributed by atoms with van der Waals surface area (Å²) >= 11 is 0. The molecule has 1 heterocycles. The zero-order valence-electron chi connectivity index (χ0n) is 18.9. The molecule has 0 aromatic heterocycles. The van der Waals surface area contributed by atoms with Crippen LogP contribution in [-0.2, 0) is 16.0 Å². The van der Waals surface area contributed by atoms with Crippen LogP contribution in [0.2, 0.25) is 0 Å². The zero-order valence-corrected chi connectivity index (χ0v) is 18.9. The van der Waals surface area contributed by atoms with Gasteiger partial charge in [0, 0.05) is 6.42 Å². The molecule has 1 fully saturated rings. The van der Waals surface area contributed by atoms with Crippen molar-refractivity contribution in [1.82, 2.24) is 0 Å². The van der Waals surface area contributed by atoms with Crippen LogP contribution in [-0.4, -0.2) is 5.97 Å². The highest BCUT2D eigenvalue weighted by atomic mass is 16.5. The molecule has 2 heteroatoms. The van der Waals surface area contributed by atoms with Crippen molar-refractivity contribution in [1.29, 1.82) is 0 Å². The predicted molar refractivity (Wildman–Crippen MR) is 125 cm³/mol. The molecule has 162 valence electrons. The Labute approximate surface area is 183 Å². The third kappa shape index (κ3) is 6.45. The lowest BCUT2D eigenvalue weighted by molar-refractivity contribution is -0.144. The van der Waals surface area contributed by atoms with Gasteiger partial charge in [0.2, 0.25) is 0 Å². The molecule has 0 amide bonds. The summed E-state index contributed by atoms with van der Waals surface area (Å²) in [6, 6.07) is 17.6. The number of benzene rings is 2. The Kier molecular flexibility index (Phi) is 8.99. The molecule has 30 heavy (non-hydrogen) atoms. The zero-order chi connectivity index (χ0) is 21.2. The van der Waals surface area contributed by atoms with Gasteiger partial charge in [-0.3, -0.25) is 4.79 Å². The molecule has 0 radical (unpaired) electrons. The van der Waals surface area contributed by atoms with Gasteiger partial charge in [0.25, 0.3) is 0 Å². The van der Waals surface area contributed by atoms with Gasteiger partial charge in [-0.2, -0.15) is 0 Å². The fourth-order valence-electron chi connectivity index (χ4n) is 4.39. The summed E-state index contributed by atoms with van der Waals surface area (Å²) in [5.41, 5.74) is 5.02. The molecule has 0 spiro atoms. The molecule has 0 N–H and O–H groups in total. The Morgan fingerprint density at radius 1 is 0.767 bits per heavy atom. The van der Waals surface area contributed by atoms with Crippen LogP contribution in [0.15, 0.2) is 48.5 Å². The summed E-state index contributed by atoms with van der Waals surface area (Å²) in [4.78, 5) is 12.1. The number of unbranched alkanes of at least 4 members (excludes halogenated alkanes) is 6. The van der Waals surface area contributed by atoms with Gasteiger partial charge < -0.3 is 4.74 Å². The van der Waals surface area contributed by atoms with E-state index in [9.17, 15) is 4.79 Å². The Bertz CT molecular complexity index is 760. The number of ether oxygens (including phenoxy) is 1. The lowest BCUT2D eigenvalue weighted by atomic mass is 9.94. The number of hydrogen-bond acceptors (Lipinski definition) is 2. The van der Waals surface area contributed by atoms with Gasteiger partial charge >= 0.3 is 5.97 Å². The molecule has 1 aliphatic heterocycles. The fourth-order valence-corrected chi connectivity index (χ4v) is 4.39. The van der Waals surface area contributed by atoms with Crippen LogP contribution < -0.4 is 0 Å². The molecule has 0 saturated carbocycles. The summed E-state index contributed by atoms with van der Waals surface area (Å²) in [5, 5.41) is 0. The first-order chi connectivity index (χ1) is 14.7. The second kappa shape index (κ2) is 11.9. The minimum Gasteiger partial charge on any atom is -0.457 e. The Balaban J connectivity index is 1.50. The van der Waals surface area contributed by atoms with E-state index in [0.29, 0.717) is 0 Å². The molecule has 2 aromatic carbocycles. The predicted octanol–water partition coefficient (Wildman–Crippen LogP) is 8.05. The number of esters is 1. The number of hydrogen-bond donors (Lipinski definition) is 0. The van der Waals surface area contributed by atoms with Gasteiger partial charge in [-0.1, -0.05) is 107 Å². The maximum absolute atomic E-state index is 12.1. The highest BCUT2D eigenvalue weighted by Crippen LogP contribution is 2.36. The Morgan fingerprint density at radius 2 is 1.37 bits per heavy atom. The first-order valence-corrected chi connectivity index (χ1v) is 12.1. The molecule has 1 aliphatic rings. The highest BCUT2D eigenvalue weighted by Gasteiger charge is 2.34. The molecule has 3 rings (SSSR count). The molecular weight excluding hydrogens is 368 g/mol. The third-order valence-electron chi connectivity index (χ3n) is 6.39. The van der Waals surface area contributed by atoms with Crippen molar-refractivity contribution in [2.75, 3.05) is 0 Å². The quantitative estimate of drug-likeness (QED) is 0.263. The highest BCUT2D eigenvalue weighted by molar-refractivity contribution is 5.75. The van der Waals surface area contributed by atoms with Crippen LogP contribution in [0.4, 0.5) is 0 Å². The van der Waals surface area contributed by atoms with Crippen LogP contribution in [0.5, 0.6) is 0 Å². The first-order valence-electron chi connectivity index (χ1n) is 12.1. The summed E-state index contributed by atoms with van der Waals surface area (Å²) < 4.78 is 5.65. The van der Waals surface area contributed by atoms with Gasteiger partial charge in [-0.05, 0) is 41.5 Å². The first kappa shape index (κ1) is 22.6. The maximum atomic E-state index is 12.1. The van der Waals surface area contributed by atoms with E-state index in [1.165, 1.54) is 61.6 Å². The largest absolute Gasteiger partial charge is 0.457 e. The van der Waals surface area contributed by atoms with Crippen LogP contribution in [0, 0.1) is 5.92 Å². The minimum absolute atomic E-state index is 0.0153. The van der Waals surface area contributed by atoms with E-state index in [-0.39, 0.29) is 18.0 Å². The standard InChI is InChI=1S/C28H38O2/c1-3-5-7-8-9-10-11-22-13-15-23(16-14-22)24-17-19-25(20-18-24)27-21-26(12-6-4-2)28(29)30-27/h13-20,26-27H,3-12,21H2,1-2H3. The van der Waals surface area contributed by atoms with Crippen LogP contribution in [0.3, 0.4) is 0 Å². The van der Waals surface area contributed by atoms with Crippen molar-refractivity contribution in [3.8, 4) is 11.1 Å². The molecule has 2 nitrogen and oxygen atoms in total. The normalized spacial score (nSPS) is 18.5. The van der Waals surface area contributed by atoms with Crippen molar-refractivity contribution in [2.45, 2.75) is 90.6 Å². The van der Waals surface area contributed by atoms with E-state index in [1.807, 2.05) is 0 Å². The van der Waals surface area contributed by atoms with E-state index in [4.69, 9.17) is 4.74 Å². The number of rotatable bonds is 12. The van der Waals surface area contributed by atoms with Crippen molar-refractivity contribution >= 4 is 5.97 Å². The second-order valence-electron chi connectivity index (χ2n) is 8.84. The molecule has 0 aliphatic carbocycles. The summed E-state index contributed by atoms with van der Waals surface area (Å²) in [7, 11) is 0. The second-order valence-corrected chi connectivity index (χ2v) is 8.84. The van der Waals surface area contributed by atoms with E-state index >= 15 is 0 Å². The van der Waals surface area contributed by atoms with Gasteiger partial charge in [-0.15, -0.1) is 0 Å². The van der Waals surface area contributed by atoms with E-state index < -0.39 is 0 Å². The summed E-state index contributed by atoms with van der Waals surface area (Å²) in [6.07, 6.45) is 13.2. The minimum atomic E-state index is -0.0758. The molecule has 2 unspecified atom stereocenters. The van der Waals surface area contributed by atoms with E-state index in [1.54, 1.807) is 0 Å². The fraction of sp³-hybridized carbons (Fsp3) is 0.536. The molecule has 1 saturated heterocycles. The molecule has 2 aromatic rings. The van der Waals surface area contributed by atoms with Crippen LogP contribution in [0.1, 0.15) is 95.3 Å². The lowest BCUT2D eigenvalue weighted by Crippen LogP contribution is -2.06. The van der Waals surface area contributed by atoms with Gasteiger partial charge in [0.1, 0.15) is 6.10 Å². The number of carbonyl (C=O) groups is 1. The average Bonchev–Trinajstić information content (AvgIpc) is 3.15. The maximum Gasteiger partial charge on any atom is 0.309 e. The Morgan fingerprint density at radius 3 is 2.03 bits per heavy atom. The van der Waals surface area contributed by atoms with Crippen molar-refractivity contribution in [2.24, 2.45) is 5.92 Å². The van der Waals surface area contributed by atoms with E-state index in [2.05, 4.69) is 62.4 Å². The van der Waals surface area contributed by atoms with Gasteiger partial charge in [-0.25, -0.2) is 0 Å². The topological polar surface area (TPSA) is 26.3 Å². The smallest absolute Gasteiger partial charge is 0.309 e. The summed E-state index contributed by atoms with van der Waals surface area (Å²) in [6.45, 7) is 4.43. The number of aryl methyl sites for hydroxylation is 1. The van der Waals surface area contributed by atoms with Crippen molar-refractivity contribution in [3.63, 3.8) is 0 Å². The van der Waals surface area contributed by atoms with Crippen LogP contribution in [0.25, 0.3) is 11.1 Å². The van der Waals surface area contributed by atoms with Gasteiger partial charge in [0.15, 0.2) is 0 Å². The third-order valence-corrected chi connectivity index (χ3v) is 6.39.